The van der Waals surface area contributed by atoms with Crippen LogP contribution in [0, 0.1) is 17.5 Å². The lowest BCUT2D eigenvalue weighted by Crippen LogP contribution is -1.97. The van der Waals surface area contributed by atoms with Crippen molar-refractivity contribution in [2.24, 2.45) is 0 Å². The summed E-state index contributed by atoms with van der Waals surface area (Å²) in [4.78, 5) is -0.423. The summed E-state index contributed by atoms with van der Waals surface area (Å²) in [7, 11) is 0. The number of benzene rings is 3. The molecule has 3 rings (SSSR count). The molecule has 3 aromatic rings. The minimum Gasteiger partial charge on any atom is -0.207 e. The summed E-state index contributed by atoms with van der Waals surface area (Å²) in [5.74, 6) is -1.60. The molecule has 0 radical (unpaired) electrons. The van der Waals surface area contributed by atoms with Gasteiger partial charge in [0.15, 0.2) is 0 Å². The van der Waals surface area contributed by atoms with Crippen LogP contribution in [0.2, 0.25) is 0 Å². The van der Waals surface area contributed by atoms with E-state index in [1.165, 1.54) is 18.2 Å². The van der Waals surface area contributed by atoms with Crippen molar-refractivity contribution in [3.63, 3.8) is 0 Å². The van der Waals surface area contributed by atoms with E-state index in [4.69, 9.17) is 0 Å². The monoisotopic (exact) mass is 350 g/mol. The van der Waals surface area contributed by atoms with E-state index < -0.39 is 16.5 Å². The first-order valence-corrected chi connectivity index (χ1v) is 7.25. The van der Waals surface area contributed by atoms with Gasteiger partial charge in [0.25, 0.3) is 0 Å². The van der Waals surface area contributed by atoms with Gasteiger partial charge in [0.2, 0.25) is 0 Å². The van der Waals surface area contributed by atoms with Crippen molar-refractivity contribution in [3.05, 3.63) is 83.2 Å². The maximum Gasteiger partial charge on any atom is 0.131 e. The van der Waals surface area contributed by atoms with Gasteiger partial charge in [-0.05, 0) is 34.7 Å². The van der Waals surface area contributed by atoms with Gasteiger partial charge in [-0.2, -0.15) is 0 Å². The van der Waals surface area contributed by atoms with E-state index in [9.17, 15) is 13.2 Å². The van der Waals surface area contributed by atoms with Gasteiger partial charge in [-0.25, -0.2) is 13.2 Å². The van der Waals surface area contributed by atoms with Crippen LogP contribution in [0.15, 0.2) is 54.6 Å². The van der Waals surface area contributed by atoms with Gasteiger partial charge >= 0.3 is 0 Å². The molecule has 21 heavy (non-hydrogen) atoms. The third-order valence-corrected chi connectivity index (χ3v) is 4.38. The Kier molecular flexibility index (Phi) is 3.72. The normalized spacial score (nSPS) is 12.6. The highest BCUT2D eigenvalue weighted by Gasteiger charge is 2.16. The SMILES string of the molecule is Fc1cc(F)cc(C(Br)c2ccc(F)c3ccccc23)c1. The van der Waals surface area contributed by atoms with E-state index in [2.05, 4.69) is 15.9 Å². The van der Waals surface area contributed by atoms with Crippen LogP contribution in [0.25, 0.3) is 10.8 Å². The molecule has 0 saturated heterocycles. The second-order valence-corrected chi connectivity index (χ2v) is 5.66. The smallest absolute Gasteiger partial charge is 0.131 e. The van der Waals surface area contributed by atoms with Gasteiger partial charge in [0.1, 0.15) is 17.5 Å². The van der Waals surface area contributed by atoms with Crippen molar-refractivity contribution in [2.45, 2.75) is 4.83 Å². The van der Waals surface area contributed by atoms with Crippen LogP contribution in [0.5, 0.6) is 0 Å². The van der Waals surface area contributed by atoms with Crippen LogP contribution in [0.3, 0.4) is 0 Å². The van der Waals surface area contributed by atoms with Gasteiger partial charge in [-0.15, -0.1) is 0 Å². The summed E-state index contributed by atoms with van der Waals surface area (Å²) in [5, 5.41) is 1.19. The highest BCUT2D eigenvalue weighted by atomic mass is 79.9. The molecule has 0 fully saturated rings. The molecular formula is C17H10BrF3. The average Bonchev–Trinajstić information content (AvgIpc) is 2.46. The number of fused-ring (bicyclic) bond motifs is 1. The molecule has 1 unspecified atom stereocenters. The molecule has 0 spiro atoms. The Balaban J connectivity index is 2.18. The van der Waals surface area contributed by atoms with E-state index in [-0.39, 0.29) is 5.82 Å². The lowest BCUT2D eigenvalue weighted by Gasteiger charge is -2.14. The van der Waals surface area contributed by atoms with Crippen molar-refractivity contribution < 1.29 is 13.2 Å². The van der Waals surface area contributed by atoms with Crippen molar-refractivity contribution in [2.75, 3.05) is 0 Å². The summed E-state index contributed by atoms with van der Waals surface area (Å²) in [6, 6.07) is 13.4. The van der Waals surface area contributed by atoms with Crippen LogP contribution >= 0.6 is 15.9 Å². The standard InChI is InChI=1S/C17H10BrF3/c18-17(10-7-11(19)9-12(20)8-10)15-5-6-16(21)14-4-2-1-3-13(14)15/h1-9,17H. The fourth-order valence-electron chi connectivity index (χ4n) is 2.41. The van der Waals surface area contributed by atoms with Crippen molar-refractivity contribution in [1.29, 1.82) is 0 Å². The molecular weight excluding hydrogens is 341 g/mol. The summed E-state index contributed by atoms with van der Waals surface area (Å²) in [5.41, 5.74) is 1.21. The summed E-state index contributed by atoms with van der Waals surface area (Å²) >= 11 is 3.45. The zero-order valence-electron chi connectivity index (χ0n) is 10.8. The zero-order chi connectivity index (χ0) is 15.0. The van der Waals surface area contributed by atoms with E-state index in [0.29, 0.717) is 16.3 Å². The molecule has 0 heterocycles. The molecule has 1 atom stereocenters. The second kappa shape index (κ2) is 5.53. The summed E-state index contributed by atoms with van der Waals surface area (Å²) in [6.45, 7) is 0. The van der Waals surface area contributed by atoms with Gasteiger partial charge in [-0.3, -0.25) is 0 Å². The van der Waals surface area contributed by atoms with Crippen LogP contribution in [0.4, 0.5) is 13.2 Å². The maximum absolute atomic E-state index is 13.8. The quantitative estimate of drug-likeness (QED) is 0.517. The molecule has 0 N–H and O–H groups in total. The van der Waals surface area contributed by atoms with Crippen LogP contribution in [0.1, 0.15) is 16.0 Å². The molecule has 3 aromatic carbocycles. The number of hydrogen-bond donors (Lipinski definition) is 0. The Hall–Kier alpha value is -1.81. The molecule has 0 aromatic heterocycles. The Morgan fingerprint density at radius 3 is 2.05 bits per heavy atom. The number of rotatable bonds is 2. The molecule has 106 valence electrons. The van der Waals surface area contributed by atoms with Crippen LogP contribution < -0.4 is 0 Å². The third kappa shape index (κ3) is 2.68. The number of alkyl halides is 1. The molecule has 0 aliphatic rings. The largest absolute Gasteiger partial charge is 0.207 e. The highest BCUT2D eigenvalue weighted by molar-refractivity contribution is 9.09. The van der Waals surface area contributed by atoms with E-state index >= 15 is 0 Å². The van der Waals surface area contributed by atoms with Crippen LogP contribution in [-0.2, 0) is 0 Å². The fourth-order valence-corrected chi connectivity index (χ4v) is 3.07. The highest BCUT2D eigenvalue weighted by Crippen LogP contribution is 2.36. The van der Waals surface area contributed by atoms with Crippen molar-refractivity contribution >= 4 is 26.7 Å². The van der Waals surface area contributed by atoms with E-state index in [1.54, 1.807) is 30.3 Å². The molecule has 4 heteroatoms. The first kappa shape index (κ1) is 14.1. The van der Waals surface area contributed by atoms with Gasteiger partial charge < -0.3 is 0 Å². The van der Waals surface area contributed by atoms with Gasteiger partial charge in [-0.1, -0.05) is 46.3 Å². The molecule has 0 aliphatic heterocycles. The second-order valence-electron chi connectivity index (χ2n) is 4.75. The first-order valence-electron chi connectivity index (χ1n) is 6.33. The third-order valence-electron chi connectivity index (χ3n) is 3.36. The minimum atomic E-state index is -0.638. The Bertz CT molecular complexity index is 794. The molecule has 0 bridgehead atoms. The fraction of sp³-hybridized carbons (Fsp3) is 0.0588. The molecule has 0 aliphatic carbocycles. The Labute approximate surface area is 128 Å². The number of halogens is 4. The van der Waals surface area contributed by atoms with E-state index in [1.807, 2.05) is 0 Å². The molecule has 0 nitrogen and oxygen atoms in total. The average molecular weight is 351 g/mol. The molecule has 0 saturated carbocycles. The maximum atomic E-state index is 13.8. The zero-order valence-corrected chi connectivity index (χ0v) is 12.4. The minimum absolute atomic E-state index is 0.320. The predicted octanol–water partition coefficient (Wildman–Crippen LogP) is 5.74. The summed E-state index contributed by atoms with van der Waals surface area (Å²) in [6.07, 6.45) is 0. The summed E-state index contributed by atoms with van der Waals surface area (Å²) < 4.78 is 40.5. The Morgan fingerprint density at radius 1 is 0.762 bits per heavy atom. The van der Waals surface area contributed by atoms with E-state index in [0.717, 1.165) is 11.6 Å². The first-order chi connectivity index (χ1) is 10.1. The molecule has 0 amide bonds. The van der Waals surface area contributed by atoms with Crippen molar-refractivity contribution in [3.8, 4) is 0 Å². The lowest BCUT2D eigenvalue weighted by atomic mass is 9.98. The predicted molar refractivity (Wildman–Crippen MR) is 81.0 cm³/mol. The van der Waals surface area contributed by atoms with Crippen molar-refractivity contribution in [1.82, 2.24) is 0 Å². The lowest BCUT2D eigenvalue weighted by molar-refractivity contribution is 0.580. The van der Waals surface area contributed by atoms with Gasteiger partial charge in [0.05, 0.1) is 4.83 Å². The van der Waals surface area contributed by atoms with Crippen LogP contribution in [-0.4, -0.2) is 0 Å². The van der Waals surface area contributed by atoms with Gasteiger partial charge in [0, 0.05) is 11.5 Å². The Morgan fingerprint density at radius 2 is 1.38 bits per heavy atom. The topological polar surface area (TPSA) is 0 Å². The number of hydrogen-bond acceptors (Lipinski definition) is 0.